The van der Waals surface area contributed by atoms with Gasteiger partial charge in [-0.1, -0.05) is 12.5 Å². The third-order valence-corrected chi connectivity index (χ3v) is 7.88. The lowest BCUT2D eigenvalue weighted by atomic mass is 10.0. The first-order valence-electron chi connectivity index (χ1n) is 12.1. The summed E-state index contributed by atoms with van der Waals surface area (Å²) in [7, 11) is 0. The molecule has 4 heterocycles. The number of carbonyl (C=O) groups is 1. The number of nitrogens with one attached hydrogen (secondary N) is 2. The Balaban J connectivity index is 1.10. The molecule has 2 aliphatic carbocycles. The van der Waals surface area contributed by atoms with E-state index in [-0.39, 0.29) is 11.9 Å². The molecule has 0 radical (unpaired) electrons. The number of aryl methyl sites for hydroxylation is 2. The van der Waals surface area contributed by atoms with Crippen LogP contribution in [0.3, 0.4) is 0 Å². The van der Waals surface area contributed by atoms with Gasteiger partial charge in [0.25, 0.3) is 5.91 Å². The van der Waals surface area contributed by atoms with Crippen LogP contribution in [-0.4, -0.2) is 44.0 Å². The van der Waals surface area contributed by atoms with Crippen molar-refractivity contribution in [3.8, 4) is 0 Å². The van der Waals surface area contributed by atoms with Crippen molar-refractivity contribution in [2.24, 2.45) is 11.8 Å². The summed E-state index contributed by atoms with van der Waals surface area (Å²) in [6.45, 7) is 6.99. The topological polar surface area (TPSA) is 91.7 Å². The quantitative estimate of drug-likeness (QED) is 0.629. The number of H-pyrrole nitrogens is 1. The average Bonchev–Trinajstić information content (AvgIpc) is 3.59. The molecule has 33 heavy (non-hydrogen) atoms. The third kappa shape index (κ3) is 3.71. The number of aromatic nitrogens is 5. The van der Waals surface area contributed by atoms with Crippen LogP contribution in [0.1, 0.15) is 70.3 Å². The van der Waals surface area contributed by atoms with Crippen LogP contribution in [0.2, 0.25) is 0 Å². The summed E-state index contributed by atoms with van der Waals surface area (Å²) in [5.41, 5.74) is 6.02. The standard InChI is InChI=1S/C25H31N7O/c1-15-17(6-9-23(27-15)31-11-18-4-3-5-19(18)12-31)13-32-14-20(10-26-32)25(33)28-22-8-7-21-16(2)29-30-24(21)22/h6,9-10,14,18-19,22H,3-5,7-8,11-13H2,1-2H3,(H,28,33)(H,29,30)/t18?,19?,22-/m1/s1. The minimum atomic E-state index is -0.107. The van der Waals surface area contributed by atoms with Crippen molar-refractivity contribution in [2.75, 3.05) is 18.0 Å². The summed E-state index contributed by atoms with van der Waals surface area (Å²) in [5, 5.41) is 14.9. The van der Waals surface area contributed by atoms with Gasteiger partial charge in [-0.25, -0.2) is 4.98 Å². The molecule has 3 aromatic heterocycles. The molecular weight excluding hydrogens is 414 g/mol. The van der Waals surface area contributed by atoms with Crippen LogP contribution in [0, 0.1) is 25.7 Å². The van der Waals surface area contributed by atoms with Crippen molar-refractivity contribution < 1.29 is 4.79 Å². The van der Waals surface area contributed by atoms with Crippen molar-refractivity contribution >= 4 is 11.7 Å². The van der Waals surface area contributed by atoms with Gasteiger partial charge in [0.2, 0.25) is 0 Å². The zero-order valence-corrected chi connectivity index (χ0v) is 19.3. The Morgan fingerprint density at radius 3 is 2.79 bits per heavy atom. The number of hydrogen-bond donors (Lipinski definition) is 2. The molecule has 2 fully saturated rings. The van der Waals surface area contributed by atoms with Crippen LogP contribution in [0.5, 0.6) is 0 Å². The molecule has 0 bridgehead atoms. The highest BCUT2D eigenvalue weighted by molar-refractivity contribution is 5.94. The normalized spacial score (nSPS) is 23.7. The maximum absolute atomic E-state index is 12.8. The minimum absolute atomic E-state index is 0.0371. The van der Waals surface area contributed by atoms with Gasteiger partial charge in [-0.15, -0.1) is 0 Å². The van der Waals surface area contributed by atoms with Crippen LogP contribution in [-0.2, 0) is 13.0 Å². The number of amides is 1. The Kier molecular flexibility index (Phi) is 4.96. The van der Waals surface area contributed by atoms with Gasteiger partial charge in [0.1, 0.15) is 5.82 Å². The molecule has 1 saturated carbocycles. The molecule has 8 nitrogen and oxygen atoms in total. The number of fused-ring (bicyclic) bond motifs is 2. The molecule has 1 saturated heterocycles. The second-order valence-electron chi connectivity index (χ2n) is 9.97. The average molecular weight is 446 g/mol. The number of anilines is 1. The Morgan fingerprint density at radius 1 is 1.18 bits per heavy atom. The largest absolute Gasteiger partial charge is 0.356 e. The number of rotatable bonds is 5. The first-order chi connectivity index (χ1) is 16.0. The van der Waals surface area contributed by atoms with E-state index in [1.54, 1.807) is 6.20 Å². The highest BCUT2D eigenvalue weighted by Gasteiger charge is 2.36. The van der Waals surface area contributed by atoms with Gasteiger partial charge in [0.05, 0.1) is 30.0 Å². The number of nitrogens with zero attached hydrogens (tertiary/aromatic N) is 5. The smallest absolute Gasteiger partial charge is 0.255 e. The predicted octanol–water partition coefficient (Wildman–Crippen LogP) is 3.32. The first kappa shape index (κ1) is 20.4. The Bertz CT molecular complexity index is 1180. The van der Waals surface area contributed by atoms with Crippen LogP contribution in [0.4, 0.5) is 5.82 Å². The van der Waals surface area contributed by atoms with E-state index in [9.17, 15) is 4.79 Å². The van der Waals surface area contributed by atoms with Crippen molar-refractivity contribution in [1.29, 1.82) is 0 Å². The summed E-state index contributed by atoms with van der Waals surface area (Å²) < 4.78 is 1.82. The maximum Gasteiger partial charge on any atom is 0.255 e. The summed E-state index contributed by atoms with van der Waals surface area (Å²) >= 11 is 0. The van der Waals surface area contributed by atoms with Crippen LogP contribution in [0.15, 0.2) is 24.5 Å². The maximum atomic E-state index is 12.8. The van der Waals surface area contributed by atoms with Gasteiger partial charge in [0, 0.05) is 30.7 Å². The van der Waals surface area contributed by atoms with Crippen molar-refractivity contribution in [1.82, 2.24) is 30.3 Å². The van der Waals surface area contributed by atoms with Crippen LogP contribution >= 0.6 is 0 Å². The number of hydrogen-bond acceptors (Lipinski definition) is 5. The molecule has 6 rings (SSSR count). The van der Waals surface area contributed by atoms with Gasteiger partial charge in [-0.05, 0) is 68.6 Å². The van der Waals surface area contributed by atoms with Gasteiger partial charge >= 0.3 is 0 Å². The van der Waals surface area contributed by atoms with Gasteiger partial charge in [0.15, 0.2) is 0 Å². The van der Waals surface area contributed by atoms with E-state index in [1.165, 1.54) is 24.8 Å². The lowest BCUT2D eigenvalue weighted by Crippen LogP contribution is -2.27. The fourth-order valence-electron chi connectivity index (χ4n) is 5.97. The molecule has 172 valence electrons. The second kappa shape index (κ2) is 8.01. The van der Waals surface area contributed by atoms with E-state index in [2.05, 4.69) is 44.6 Å². The Morgan fingerprint density at radius 2 is 2.00 bits per heavy atom. The molecule has 0 aromatic carbocycles. The molecule has 2 unspecified atom stereocenters. The lowest BCUT2D eigenvalue weighted by Gasteiger charge is -2.19. The van der Waals surface area contributed by atoms with E-state index < -0.39 is 0 Å². The molecule has 3 aliphatic rings. The monoisotopic (exact) mass is 445 g/mol. The number of aromatic amines is 1. The van der Waals surface area contributed by atoms with E-state index in [0.29, 0.717) is 12.1 Å². The Hall–Kier alpha value is -3.16. The summed E-state index contributed by atoms with van der Waals surface area (Å²) in [5.74, 6) is 2.70. The molecule has 1 amide bonds. The van der Waals surface area contributed by atoms with E-state index >= 15 is 0 Å². The molecule has 0 spiro atoms. The third-order valence-electron chi connectivity index (χ3n) is 7.88. The van der Waals surface area contributed by atoms with Crippen molar-refractivity contribution in [3.63, 3.8) is 0 Å². The predicted molar refractivity (Wildman–Crippen MR) is 125 cm³/mol. The van der Waals surface area contributed by atoms with Gasteiger partial charge in [-0.2, -0.15) is 10.2 Å². The minimum Gasteiger partial charge on any atom is -0.356 e. The number of pyridine rings is 1. The SMILES string of the molecule is Cc1nc(N2CC3CCCC3C2)ccc1Cn1cc(C(=O)N[C@@H]2CCc3c2n[nH]c3C)cn1. The van der Waals surface area contributed by atoms with Gasteiger partial charge in [-0.3, -0.25) is 14.6 Å². The fraction of sp³-hybridized carbons (Fsp3) is 0.520. The highest BCUT2D eigenvalue weighted by Crippen LogP contribution is 2.39. The Labute approximate surface area is 193 Å². The first-order valence-corrected chi connectivity index (χ1v) is 12.1. The molecule has 3 atom stereocenters. The molecule has 8 heteroatoms. The fourth-order valence-corrected chi connectivity index (χ4v) is 5.97. The molecule has 3 aromatic rings. The summed E-state index contributed by atoms with van der Waals surface area (Å²) in [6, 6.07) is 4.27. The van der Waals surface area contributed by atoms with Crippen molar-refractivity contribution in [3.05, 3.63) is 58.3 Å². The second-order valence-corrected chi connectivity index (χ2v) is 9.97. The molecule has 2 N–H and O–H groups in total. The van der Waals surface area contributed by atoms with E-state index in [4.69, 9.17) is 4.98 Å². The van der Waals surface area contributed by atoms with Gasteiger partial charge < -0.3 is 10.2 Å². The zero-order valence-electron chi connectivity index (χ0n) is 19.3. The van der Waals surface area contributed by atoms with Crippen LogP contribution < -0.4 is 10.2 Å². The van der Waals surface area contributed by atoms with Crippen molar-refractivity contribution in [2.45, 2.75) is 58.5 Å². The van der Waals surface area contributed by atoms with E-state index in [0.717, 1.165) is 66.2 Å². The molecule has 1 aliphatic heterocycles. The zero-order chi connectivity index (χ0) is 22.5. The highest BCUT2D eigenvalue weighted by atomic mass is 16.1. The molecular formula is C25H31N7O. The van der Waals surface area contributed by atoms with Crippen LogP contribution in [0.25, 0.3) is 0 Å². The summed E-state index contributed by atoms with van der Waals surface area (Å²) in [6.07, 6.45) is 9.43. The number of carbonyl (C=O) groups excluding carboxylic acids is 1. The lowest BCUT2D eigenvalue weighted by molar-refractivity contribution is 0.0936. The summed E-state index contributed by atoms with van der Waals surface area (Å²) in [4.78, 5) is 20.2. The van der Waals surface area contributed by atoms with E-state index in [1.807, 2.05) is 17.8 Å².